The zero-order chi connectivity index (χ0) is 13.2. The van der Waals surface area contributed by atoms with Crippen LogP contribution in [0.25, 0.3) is 0 Å². The molecule has 2 nitrogen and oxygen atoms in total. The Morgan fingerprint density at radius 3 is 2.67 bits per heavy atom. The van der Waals surface area contributed by atoms with Crippen LogP contribution in [-0.2, 0) is 6.54 Å². The second-order valence-corrected chi connectivity index (χ2v) is 6.18. The van der Waals surface area contributed by atoms with Gasteiger partial charge in [-0.15, -0.1) is 0 Å². The van der Waals surface area contributed by atoms with Gasteiger partial charge in [-0.3, -0.25) is 0 Å². The number of hydrogen-bond acceptors (Lipinski definition) is 2. The lowest BCUT2D eigenvalue weighted by Gasteiger charge is -2.07. The van der Waals surface area contributed by atoms with Crippen molar-refractivity contribution in [1.82, 2.24) is 5.32 Å². The fourth-order valence-electron chi connectivity index (χ4n) is 1.75. The van der Waals surface area contributed by atoms with Gasteiger partial charge in [0.05, 0.1) is 11.6 Å². The highest BCUT2D eigenvalue weighted by Crippen LogP contribution is 2.25. The zero-order valence-electron chi connectivity index (χ0n) is 10.8. The number of ether oxygens (including phenoxy) is 1. The monoisotopic (exact) mass is 425 g/mol. The Morgan fingerprint density at radius 2 is 2.00 bits per heavy atom. The Kier molecular flexibility index (Phi) is 9.06. The molecular formula is C14H21BrINO. The Bertz CT molecular complexity index is 347. The lowest BCUT2D eigenvalue weighted by molar-refractivity contribution is 0.412. The second kappa shape index (κ2) is 10.0. The van der Waals surface area contributed by atoms with Gasteiger partial charge in [0.1, 0.15) is 5.75 Å². The molecule has 0 aliphatic carbocycles. The molecular weight excluding hydrogens is 405 g/mol. The van der Waals surface area contributed by atoms with E-state index in [9.17, 15) is 0 Å². The van der Waals surface area contributed by atoms with Gasteiger partial charge in [0.2, 0.25) is 0 Å². The second-order valence-electron chi connectivity index (χ2n) is 4.25. The highest BCUT2D eigenvalue weighted by molar-refractivity contribution is 14.1. The Labute approximate surface area is 132 Å². The predicted molar refractivity (Wildman–Crippen MR) is 89.8 cm³/mol. The van der Waals surface area contributed by atoms with Crippen LogP contribution in [0.1, 0.15) is 31.2 Å². The summed E-state index contributed by atoms with van der Waals surface area (Å²) >= 11 is 5.95. The van der Waals surface area contributed by atoms with Gasteiger partial charge in [0.15, 0.2) is 0 Å². The van der Waals surface area contributed by atoms with E-state index in [1.54, 1.807) is 7.11 Å². The van der Waals surface area contributed by atoms with Crippen LogP contribution in [0.4, 0.5) is 0 Å². The lowest BCUT2D eigenvalue weighted by Crippen LogP contribution is -2.14. The third kappa shape index (κ3) is 6.38. The van der Waals surface area contributed by atoms with Crippen molar-refractivity contribution in [3.05, 3.63) is 28.2 Å². The van der Waals surface area contributed by atoms with Gasteiger partial charge < -0.3 is 10.1 Å². The summed E-state index contributed by atoms with van der Waals surface area (Å²) in [6, 6.07) is 6.22. The van der Waals surface area contributed by atoms with E-state index < -0.39 is 0 Å². The summed E-state index contributed by atoms with van der Waals surface area (Å²) in [5, 5.41) is 3.48. The van der Waals surface area contributed by atoms with Crippen LogP contribution in [0.5, 0.6) is 5.75 Å². The average Bonchev–Trinajstić information content (AvgIpc) is 2.38. The van der Waals surface area contributed by atoms with Crippen molar-refractivity contribution in [2.45, 2.75) is 32.2 Å². The lowest BCUT2D eigenvalue weighted by atomic mass is 10.2. The van der Waals surface area contributed by atoms with Gasteiger partial charge in [-0.1, -0.05) is 41.5 Å². The number of rotatable bonds is 9. The number of nitrogens with one attached hydrogen (secondary N) is 1. The molecule has 1 N–H and O–H groups in total. The predicted octanol–water partition coefficient (Wildman–Crippen LogP) is 4.54. The molecule has 0 aliphatic rings. The summed E-state index contributed by atoms with van der Waals surface area (Å²) in [4.78, 5) is 0. The molecule has 102 valence electrons. The first kappa shape index (κ1) is 16.2. The van der Waals surface area contributed by atoms with Crippen molar-refractivity contribution in [3.8, 4) is 5.75 Å². The molecule has 0 amide bonds. The Balaban J connectivity index is 2.17. The molecule has 0 saturated heterocycles. The summed E-state index contributed by atoms with van der Waals surface area (Å²) in [6.07, 6.45) is 5.32. The normalized spacial score (nSPS) is 10.6. The summed E-state index contributed by atoms with van der Waals surface area (Å²) in [5.74, 6) is 0.887. The van der Waals surface area contributed by atoms with E-state index in [0.717, 1.165) is 23.3 Å². The van der Waals surface area contributed by atoms with Crippen molar-refractivity contribution < 1.29 is 4.74 Å². The highest BCUT2D eigenvalue weighted by Gasteiger charge is 2.00. The molecule has 0 spiro atoms. The smallest absolute Gasteiger partial charge is 0.133 e. The Morgan fingerprint density at radius 1 is 1.22 bits per heavy atom. The van der Waals surface area contributed by atoms with Crippen molar-refractivity contribution in [1.29, 1.82) is 0 Å². The molecule has 18 heavy (non-hydrogen) atoms. The van der Waals surface area contributed by atoms with Crippen LogP contribution in [0.2, 0.25) is 0 Å². The number of hydrogen-bond donors (Lipinski definition) is 1. The first-order valence-electron chi connectivity index (χ1n) is 6.37. The summed E-state index contributed by atoms with van der Waals surface area (Å²) in [6.45, 7) is 2.03. The third-order valence-electron chi connectivity index (χ3n) is 2.78. The van der Waals surface area contributed by atoms with Gasteiger partial charge in [-0.25, -0.2) is 0 Å². The van der Waals surface area contributed by atoms with Gasteiger partial charge in [-0.05, 0) is 57.4 Å². The third-order valence-corrected chi connectivity index (χ3v) is 4.17. The van der Waals surface area contributed by atoms with Crippen LogP contribution < -0.4 is 10.1 Å². The van der Waals surface area contributed by atoms with Gasteiger partial charge in [0, 0.05) is 6.54 Å². The number of benzene rings is 1. The van der Waals surface area contributed by atoms with Crippen molar-refractivity contribution in [2.75, 3.05) is 18.1 Å². The van der Waals surface area contributed by atoms with Gasteiger partial charge in [-0.2, -0.15) is 0 Å². The van der Waals surface area contributed by atoms with E-state index in [0.29, 0.717) is 0 Å². The van der Waals surface area contributed by atoms with E-state index >= 15 is 0 Å². The minimum absolute atomic E-state index is 0.887. The number of methoxy groups -OCH3 is 1. The molecule has 0 atom stereocenters. The van der Waals surface area contributed by atoms with E-state index in [1.807, 2.05) is 6.07 Å². The molecule has 0 radical (unpaired) electrons. The van der Waals surface area contributed by atoms with Crippen molar-refractivity contribution >= 4 is 38.5 Å². The van der Waals surface area contributed by atoms with Crippen LogP contribution >= 0.6 is 38.5 Å². The van der Waals surface area contributed by atoms with E-state index in [-0.39, 0.29) is 0 Å². The summed E-state index contributed by atoms with van der Waals surface area (Å²) in [7, 11) is 1.69. The van der Waals surface area contributed by atoms with Crippen LogP contribution in [0.3, 0.4) is 0 Å². The average molecular weight is 426 g/mol. The molecule has 0 fully saturated rings. The summed E-state index contributed by atoms with van der Waals surface area (Å²) < 4.78 is 7.52. The molecule has 0 aliphatic heterocycles. The standard InChI is InChI=1S/C14H21BrINO/c1-18-14-7-6-12(10-13(14)15)11-17-9-5-3-2-4-8-16/h6-7,10,17H,2-5,8-9,11H2,1H3. The molecule has 1 aromatic carbocycles. The zero-order valence-corrected chi connectivity index (χ0v) is 14.6. The molecule has 4 heteroatoms. The highest BCUT2D eigenvalue weighted by atomic mass is 127. The molecule has 0 heterocycles. The summed E-state index contributed by atoms with van der Waals surface area (Å²) in [5.41, 5.74) is 1.29. The molecule has 1 aromatic rings. The van der Waals surface area contributed by atoms with Gasteiger partial charge in [0.25, 0.3) is 0 Å². The SMILES string of the molecule is COc1ccc(CNCCCCCCI)cc1Br. The first-order chi connectivity index (χ1) is 8.77. The van der Waals surface area contributed by atoms with Crippen LogP contribution in [-0.4, -0.2) is 18.1 Å². The number of alkyl halides is 1. The Hall–Kier alpha value is 0.190. The van der Waals surface area contributed by atoms with E-state index in [4.69, 9.17) is 4.74 Å². The van der Waals surface area contributed by atoms with Gasteiger partial charge >= 0.3 is 0 Å². The molecule has 1 rings (SSSR count). The maximum atomic E-state index is 5.21. The molecule has 0 saturated carbocycles. The quantitative estimate of drug-likeness (QED) is 0.356. The van der Waals surface area contributed by atoms with Crippen LogP contribution in [0, 0.1) is 0 Å². The largest absolute Gasteiger partial charge is 0.496 e. The maximum absolute atomic E-state index is 5.21. The van der Waals surface area contributed by atoms with Crippen molar-refractivity contribution in [2.24, 2.45) is 0 Å². The fraction of sp³-hybridized carbons (Fsp3) is 0.571. The number of halogens is 2. The minimum atomic E-state index is 0.887. The number of unbranched alkanes of at least 4 members (excludes halogenated alkanes) is 3. The molecule has 0 aromatic heterocycles. The van der Waals surface area contributed by atoms with E-state index in [2.05, 4.69) is 56.0 Å². The topological polar surface area (TPSA) is 21.3 Å². The molecule has 0 unspecified atom stereocenters. The molecule has 0 bridgehead atoms. The minimum Gasteiger partial charge on any atom is -0.496 e. The fourth-order valence-corrected chi connectivity index (χ4v) is 2.88. The van der Waals surface area contributed by atoms with Crippen LogP contribution in [0.15, 0.2) is 22.7 Å². The van der Waals surface area contributed by atoms with Crippen molar-refractivity contribution in [3.63, 3.8) is 0 Å². The first-order valence-corrected chi connectivity index (χ1v) is 8.69. The van der Waals surface area contributed by atoms with E-state index in [1.165, 1.54) is 35.7 Å². The maximum Gasteiger partial charge on any atom is 0.133 e.